The monoisotopic (exact) mass is 209 g/mol. The molecule has 1 heterocycles. The van der Waals surface area contributed by atoms with Crippen LogP contribution in [-0.4, -0.2) is 13.2 Å². The molecule has 0 aromatic carbocycles. The zero-order valence-corrected chi connectivity index (χ0v) is 8.09. The molecule has 0 saturated heterocycles. The number of hydrogen-bond acceptors (Lipinski definition) is 2. The van der Waals surface area contributed by atoms with E-state index in [1.54, 1.807) is 18.4 Å². The van der Waals surface area contributed by atoms with Crippen molar-refractivity contribution in [2.24, 2.45) is 0 Å². The van der Waals surface area contributed by atoms with Gasteiger partial charge >= 0.3 is 6.18 Å². The Balaban J connectivity index is 2.98. The lowest BCUT2D eigenvalue weighted by molar-refractivity contribution is -0.155. The number of thiophene rings is 1. The summed E-state index contributed by atoms with van der Waals surface area (Å²) in [4.78, 5) is 0.343. The van der Waals surface area contributed by atoms with E-state index in [-0.39, 0.29) is 0 Å². The van der Waals surface area contributed by atoms with Crippen LogP contribution in [0.2, 0.25) is 0 Å². The van der Waals surface area contributed by atoms with E-state index < -0.39 is 12.2 Å². The van der Waals surface area contributed by atoms with Gasteiger partial charge in [-0.15, -0.1) is 11.3 Å². The summed E-state index contributed by atoms with van der Waals surface area (Å²) < 4.78 is 37.2. The van der Waals surface area contributed by atoms with Gasteiger partial charge in [-0.1, -0.05) is 0 Å². The number of rotatable bonds is 2. The Bertz CT molecular complexity index is 279. The highest BCUT2D eigenvalue weighted by Gasteiger charge is 2.40. The molecule has 1 N–H and O–H groups in total. The van der Waals surface area contributed by atoms with Crippen LogP contribution in [0.4, 0.5) is 13.2 Å². The normalized spacial score (nSPS) is 14.5. The van der Waals surface area contributed by atoms with Crippen LogP contribution in [0.3, 0.4) is 0 Å². The minimum atomic E-state index is -4.22. The van der Waals surface area contributed by atoms with E-state index in [0.717, 1.165) is 11.3 Å². The minimum Gasteiger partial charge on any atom is -0.305 e. The fraction of sp³-hybridized carbons (Fsp3) is 0.500. The SMILES string of the molecule is CNC(c1sccc1C)C(F)(F)F. The van der Waals surface area contributed by atoms with Gasteiger partial charge in [-0.25, -0.2) is 0 Å². The first kappa shape index (κ1) is 10.5. The third-order valence-electron chi connectivity index (χ3n) is 1.78. The van der Waals surface area contributed by atoms with Crippen molar-refractivity contribution in [3.8, 4) is 0 Å². The van der Waals surface area contributed by atoms with Gasteiger partial charge in [-0.3, -0.25) is 0 Å². The van der Waals surface area contributed by atoms with E-state index in [1.165, 1.54) is 7.05 Å². The number of alkyl halides is 3. The van der Waals surface area contributed by atoms with Crippen LogP contribution in [0.1, 0.15) is 16.5 Å². The molecule has 0 aliphatic carbocycles. The van der Waals surface area contributed by atoms with Gasteiger partial charge in [0.05, 0.1) is 0 Å². The summed E-state index contributed by atoms with van der Waals surface area (Å²) >= 11 is 1.13. The quantitative estimate of drug-likeness (QED) is 0.789. The van der Waals surface area contributed by atoms with Crippen molar-refractivity contribution in [2.75, 3.05) is 7.05 Å². The van der Waals surface area contributed by atoms with Crippen LogP contribution >= 0.6 is 11.3 Å². The summed E-state index contributed by atoms with van der Waals surface area (Å²) in [5.74, 6) is 0. The molecule has 0 spiro atoms. The summed E-state index contributed by atoms with van der Waals surface area (Å²) in [7, 11) is 1.32. The predicted octanol–water partition coefficient (Wildman–Crippen LogP) is 2.88. The lowest BCUT2D eigenvalue weighted by Crippen LogP contribution is -2.31. The van der Waals surface area contributed by atoms with E-state index in [1.807, 2.05) is 0 Å². The average molecular weight is 209 g/mol. The van der Waals surface area contributed by atoms with Crippen LogP contribution in [0, 0.1) is 6.92 Å². The van der Waals surface area contributed by atoms with Gasteiger partial charge in [0.25, 0.3) is 0 Å². The highest BCUT2D eigenvalue weighted by atomic mass is 32.1. The Hall–Kier alpha value is -0.550. The predicted molar refractivity (Wildman–Crippen MR) is 46.9 cm³/mol. The average Bonchev–Trinajstić information content (AvgIpc) is 2.35. The lowest BCUT2D eigenvalue weighted by atomic mass is 10.1. The van der Waals surface area contributed by atoms with Crippen LogP contribution in [-0.2, 0) is 0 Å². The topological polar surface area (TPSA) is 12.0 Å². The molecule has 74 valence electrons. The second-order valence-electron chi connectivity index (χ2n) is 2.73. The second kappa shape index (κ2) is 3.67. The van der Waals surface area contributed by atoms with Gasteiger partial charge < -0.3 is 5.32 Å². The third kappa shape index (κ3) is 2.22. The highest BCUT2D eigenvalue weighted by Crippen LogP contribution is 2.36. The van der Waals surface area contributed by atoms with E-state index in [0.29, 0.717) is 10.4 Å². The van der Waals surface area contributed by atoms with Crippen molar-refractivity contribution < 1.29 is 13.2 Å². The van der Waals surface area contributed by atoms with Gasteiger partial charge in [-0.2, -0.15) is 13.2 Å². The van der Waals surface area contributed by atoms with Crippen molar-refractivity contribution in [1.29, 1.82) is 0 Å². The molecule has 1 aromatic heterocycles. The summed E-state index contributed by atoms with van der Waals surface area (Å²) in [5, 5.41) is 3.94. The van der Waals surface area contributed by atoms with Gasteiger partial charge in [0, 0.05) is 4.88 Å². The molecule has 1 aromatic rings. The Morgan fingerprint density at radius 1 is 1.46 bits per heavy atom. The number of hydrogen-bond donors (Lipinski definition) is 1. The molecule has 1 atom stereocenters. The van der Waals surface area contributed by atoms with Gasteiger partial charge in [0.2, 0.25) is 0 Å². The van der Waals surface area contributed by atoms with E-state index >= 15 is 0 Å². The first-order valence-electron chi connectivity index (χ1n) is 3.74. The van der Waals surface area contributed by atoms with Crippen LogP contribution < -0.4 is 5.32 Å². The van der Waals surface area contributed by atoms with E-state index in [4.69, 9.17) is 0 Å². The van der Waals surface area contributed by atoms with Crippen LogP contribution in [0.25, 0.3) is 0 Å². The zero-order chi connectivity index (χ0) is 10.1. The van der Waals surface area contributed by atoms with E-state index in [2.05, 4.69) is 5.32 Å². The van der Waals surface area contributed by atoms with Crippen molar-refractivity contribution >= 4 is 11.3 Å². The fourth-order valence-electron chi connectivity index (χ4n) is 1.12. The van der Waals surface area contributed by atoms with Crippen molar-refractivity contribution in [3.63, 3.8) is 0 Å². The number of halogens is 3. The number of nitrogens with one attached hydrogen (secondary N) is 1. The molecular formula is C8H10F3NS. The smallest absolute Gasteiger partial charge is 0.305 e. The molecule has 0 amide bonds. The summed E-state index contributed by atoms with van der Waals surface area (Å²) in [5.41, 5.74) is 0.682. The third-order valence-corrected chi connectivity index (χ3v) is 2.86. The molecule has 5 heteroatoms. The lowest BCUT2D eigenvalue weighted by Gasteiger charge is -2.18. The molecule has 0 bridgehead atoms. The van der Waals surface area contributed by atoms with Crippen molar-refractivity contribution in [1.82, 2.24) is 5.32 Å². The van der Waals surface area contributed by atoms with Crippen molar-refractivity contribution in [2.45, 2.75) is 19.1 Å². The molecule has 0 fully saturated rings. The van der Waals surface area contributed by atoms with Crippen molar-refractivity contribution in [3.05, 3.63) is 21.9 Å². The molecule has 13 heavy (non-hydrogen) atoms. The molecule has 0 aliphatic heterocycles. The molecule has 0 saturated carbocycles. The molecule has 1 rings (SSSR count). The summed E-state index contributed by atoms with van der Waals surface area (Å²) in [6.45, 7) is 1.68. The maximum atomic E-state index is 12.4. The fourth-order valence-corrected chi connectivity index (χ4v) is 2.18. The first-order chi connectivity index (χ1) is 5.96. The Morgan fingerprint density at radius 2 is 2.08 bits per heavy atom. The number of aryl methyl sites for hydroxylation is 1. The van der Waals surface area contributed by atoms with E-state index in [9.17, 15) is 13.2 Å². The van der Waals surface area contributed by atoms with Crippen LogP contribution in [0.15, 0.2) is 11.4 Å². The van der Waals surface area contributed by atoms with Gasteiger partial charge in [0.15, 0.2) is 0 Å². The Labute approximate surface area is 78.6 Å². The molecule has 1 nitrogen and oxygen atoms in total. The van der Waals surface area contributed by atoms with Gasteiger partial charge in [0.1, 0.15) is 6.04 Å². The van der Waals surface area contributed by atoms with Gasteiger partial charge in [-0.05, 0) is 31.0 Å². The van der Waals surface area contributed by atoms with Crippen LogP contribution in [0.5, 0.6) is 0 Å². The summed E-state index contributed by atoms with van der Waals surface area (Å²) in [6.07, 6.45) is -4.22. The first-order valence-corrected chi connectivity index (χ1v) is 4.62. The maximum Gasteiger partial charge on any atom is 0.408 e. The minimum absolute atomic E-state index is 0.343. The molecular weight excluding hydrogens is 199 g/mol. The largest absolute Gasteiger partial charge is 0.408 e. The molecule has 1 unspecified atom stereocenters. The highest BCUT2D eigenvalue weighted by molar-refractivity contribution is 7.10. The Morgan fingerprint density at radius 3 is 2.38 bits per heavy atom. The Kier molecular flexibility index (Phi) is 2.98. The molecule has 0 radical (unpaired) electrons. The standard InChI is InChI=1S/C8H10F3NS/c1-5-3-4-13-6(5)7(12-2)8(9,10)11/h3-4,7,12H,1-2H3. The maximum absolute atomic E-state index is 12.4. The second-order valence-corrected chi connectivity index (χ2v) is 3.68. The summed E-state index contributed by atoms with van der Waals surface area (Å²) in [6, 6.07) is 0.156. The zero-order valence-electron chi connectivity index (χ0n) is 7.27. The molecule has 0 aliphatic rings.